The third-order valence-electron chi connectivity index (χ3n) is 3.93. The molecule has 2 aromatic rings. The Bertz CT molecular complexity index is 801. The maximum Gasteiger partial charge on any atom is 0.387 e. The van der Waals surface area contributed by atoms with E-state index in [1.54, 1.807) is 6.07 Å². The van der Waals surface area contributed by atoms with Crippen molar-refractivity contribution in [2.45, 2.75) is 26.2 Å². The largest absolute Gasteiger partial charge is 0.494 e. The number of hydrogen-bond donors (Lipinski definition) is 3. The highest BCUT2D eigenvalue weighted by molar-refractivity contribution is 5.79. The number of aliphatic imine (C=N–C) groups is 1. The standard InChI is InChI=1S/C20H24F3N3O3/c1-3-24-20(25-11-13-4-9-18(28-2)16(21)10-13)26-12-17(27)14-5-7-15(8-6-14)29-19(22)23/h4-10,17,19,27H,3,11-12H2,1-2H3,(H2,24,25,26). The van der Waals surface area contributed by atoms with Gasteiger partial charge in [0.2, 0.25) is 0 Å². The number of aliphatic hydroxyl groups is 1. The van der Waals surface area contributed by atoms with Gasteiger partial charge in [-0.3, -0.25) is 0 Å². The van der Waals surface area contributed by atoms with Crippen molar-refractivity contribution in [3.8, 4) is 11.5 Å². The molecule has 29 heavy (non-hydrogen) atoms. The van der Waals surface area contributed by atoms with Gasteiger partial charge in [-0.05, 0) is 42.3 Å². The molecule has 0 aliphatic carbocycles. The van der Waals surface area contributed by atoms with Crippen molar-refractivity contribution in [1.29, 1.82) is 0 Å². The summed E-state index contributed by atoms with van der Waals surface area (Å²) in [4.78, 5) is 4.37. The molecule has 1 unspecified atom stereocenters. The molecule has 0 amide bonds. The fraction of sp³-hybridized carbons (Fsp3) is 0.350. The van der Waals surface area contributed by atoms with Gasteiger partial charge < -0.3 is 25.2 Å². The molecule has 0 spiro atoms. The lowest BCUT2D eigenvalue weighted by Crippen LogP contribution is -2.39. The number of ether oxygens (including phenoxy) is 2. The van der Waals surface area contributed by atoms with Gasteiger partial charge >= 0.3 is 6.61 Å². The van der Waals surface area contributed by atoms with Crippen molar-refractivity contribution in [3.63, 3.8) is 0 Å². The van der Waals surface area contributed by atoms with Crippen LogP contribution in [-0.2, 0) is 6.54 Å². The summed E-state index contributed by atoms with van der Waals surface area (Å²) in [5.74, 6) is 0.162. The van der Waals surface area contributed by atoms with Gasteiger partial charge in [-0.15, -0.1) is 0 Å². The Morgan fingerprint density at radius 1 is 1.14 bits per heavy atom. The summed E-state index contributed by atoms with van der Waals surface area (Å²) in [6.07, 6.45) is -0.891. The molecule has 3 N–H and O–H groups in total. The molecule has 2 aromatic carbocycles. The van der Waals surface area contributed by atoms with Crippen LogP contribution in [0.4, 0.5) is 13.2 Å². The third-order valence-corrected chi connectivity index (χ3v) is 3.93. The molecule has 0 fully saturated rings. The molecule has 0 heterocycles. The minimum atomic E-state index is -2.90. The Morgan fingerprint density at radius 3 is 2.45 bits per heavy atom. The smallest absolute Gasteiger partial charge is 0.387 e. The molecule has 0 saturated carbocycles. The maximum atomic E-state index is 13.8. The van der Waals surface area contributed by atoms with Crippen LogP contribution in [0.25, 0.3) is 0 Å². The molecule has 0 saturated heterocycles. The van der Waals surface area contributed by atoms with Gasteiger partial charge in [0.05, 0.1) is 19.8 Å². The van der Waals surface area contributed by atoms with Crippen molar-refractivity contribution in [2.24, 2.45) is 4.99 Å². The third kappa shape index (κ3) is 7.19. The van der Waals surface area contributed by atoms with E-state index in [-0.39, 0.29) is 24.6 Å². The fourth-order valence-corrected chi connectivity index (χ4v) is 2.50. The van der Waals surface area contributed by atoms with E-state index in [0.717, 1.165) is 0 Å². The van der Waals surface area contributed by atoms with E-state index in [2.05, 4.69) is 20.4 Å². The van der Waals surface area contributed by atoms with E-state index in [9.17, 15) is 18.3 Å². The molecule has 0 aliphatic heterocycles. The zero-order chi connectivity index (χ0) is 21.2. The number of halogens is 3. The minimum absolute atomic E-state index is 0.0190. The zero-order valence-corrected chi connectivity index (χ0v) is 16.2. The Balaban J connectivity index is 1.95. The van der Waals surface area contributed by atoms with Crippen molar-refractivity contribution < 1.29 is 27.8 Å². The minimum Gasteiger partial charge on any atom is -0.494 e. The Hall–Kier alpha value is -2.94. The molecule has 0 radical (unpaired) electrons. The predicted octanol–water partition coefficient (Wildman–Crippen LogP) is 3.22. The number of methoxy groups -OCH3 is 1. The molecule has 9 heteroatoms. The first kappa shape index (κ1) is 22.4. The number of hydrogen-bond acceptors (Lipinski definition) is 4. The molecule has 2 rings (SSSR count). The van der Waals surface area contributed by atoms with Gasteiger partial charge in [0.25, 0.3) is 0 Å². The number of benzene rings is 2. The second-order valence-electron chi connectivity index (χ2n) is 6.01. The van der Waals surface area contributed by atoms with E-state index in [0.29, 0.717) is 23.6 Å². The van der Waals surface area contributed by atoms with Crippen LogP contribution in [0.5, 0.6) is 11.5 Å². The van der Waals surface area contributed by atoms with Gasteiger partial charge in [-0.2, -0.15) is 8.78 Å². The van der Waals surface area contributed by atoms with Gasteiger partial charge in [-0.25, -0.2) is 9.38 Å². The lowest BCUT2D eigenvalue weighted by atomic mass is 10.1. The van der Waals surface area contributed by atoms with Crippen LogP contribution in [0.1, 0.15) is 24.2 Å². The first-order valence-corrected chi connectivity index (χ1v) is 9.00. The summed E-state index contributed by atoms with van der Waals surface area (Å²) in [6.45, 7) is -0.0457. The van der Waals surface area contributed by atoms with Crippen molar-refractivity contribution in [2.75, 3.05) is 20.2 Å². The van der Waals surface area contributed by atoms with Crippen molar-refractivity contribution in [1.82, 2.24) is 10.6 Å². The fourth-order valence-electron chi connectivity index (χ4n) is 2.50. The molecule has 6 nitrogen and oxygen atoms in total. The van der Waals surface area contributed by atoms with E-state index >= 15 is 0 Å². The summed E-state index contributed by atoms with van der Waals surface area (Å²) in [7, 11) is 1.40. The monoisotopic (exact) mass is 411 g/mol. The second kappa shape index (κ2) is 11.2. The predicted molar refractivity (Wildman–Crippen MR) is 104 cm³/mol. The number of alkyl halides is 2. The summed E-state index contributed by atoms with van der Waals surface area (Å²) >= 11 is 0. The summed E-state index contributed by atoms with van der Waals surface area (Å²) in [6, 6.07) is 10.3. The Kier molecular flexibility index (Phi) is 8.60. The van der Waals surface area contributed by atoms with Crippen LogP contribution in [-0.4, -0.2) is 37.9 Å². The van der Waals surface area contributed by atoms with Gasteiger partial charge in [0.1, 0.15) is 5.75 Å². The topological polar surface area (TPSA) is 75.1 Å². The SMILES string of the molecule is CCNC(=NCc1ccc(OC)c(F)c1)NCC(O)c1ccc(OC(F)F)cc1. The maximum absolute atomic E-state index is 13.8. The van der Waals surface area contributed by atoms with Gasteiger partial charge in [0, 0.05) is 13.1 Å². The van der Waals surface area contributed by atoms with Gasteiger partial charge in [-0.1, -0.05) is 18.2 Å². The lowest BCUT2D eigenvalue weighted by molar-refractivity contribution is -0.0498. The van der Waals surface area contributed by atoms with Gasteiger partial charge in [0.15, 0.2) is 17.5 Å². The van der Waals surface area contributed by atoms with E-state index in [1.807, 2.05) is 6.92 Å². The normalized spacial score (nSPS) is 12.6. The van der Waals surface area contributed by atoms with Crippen LogP contribution >= 0.6 is 0 Å². The van der Waals surface area contributed by atoms with E-state index in [4.69, 9.17) is 4.74 Å². The van der Waals surface area contributed by atoms with Crippen molar-refractivity contribution >= 4 is 5.96 Å². The molecule has 0 aliphatic rings. The lowest BCUT2D eigenvalue weighted by Gasteiger charge is -2.16. The molecule has 0 aromatic heterocycles. The summed E-state index contributed by atoms with van der Waals surface area (Å²) in [5, 5.41) is 16.3. The molecule has 158 valence electrons. The van der Waals surface area contributed by atoms with E-state index < -0.39 is 18.5 Å². The quantitative estimate of drug-likeness (QED) is 0.436. The molecular weight excluding hydrogens is 387 g/mol. The first-order valence-electron chi connectivity index (χ1n) is 9.00. The number of rotatable bonds is 9. The highest BCUT2D eigenvalue weighted by atomic mass is 19.3. The Morgan fingerprint density at radius 2 is 1.86 bits per heavy atom. The van der Waals surface area contributed by atoms with Crippen LogP contribution in [0.15, 0.2) is 47.5 Å². The number of guanidine groups is 1. The zero-order valence-electron chi connectivity index (χ0n) is 16.2. The van der Waals surface area contributed by atoms with Crippen molar-refractivity contribution in [3.05, 3.63) is 59.4 Å². The van der Waals surface area contributed by atoms with Crippen LogP contribution < -0.4 is 20.1 Å². The van der Waals surface area contributed by atoms with Crippen LogP contribution in [0.3, 0.4) is 0 Å². The molecular formula is C20H24F3N3O3. The number of nitrogens with one attached hydrogen (secondary N) is 2. The first-order chi connectivity index (χ1) is 13.9. The average Bonchev–Trinajstić information content (AvgIpc) is 2.70. The molecule has 1 atom stereocenters. The summed E-state index contributed by atoms with van der Waals surface area (Å²) < 4.78 is 47.3. The highest BCUT2D eigenvalue weighted by Gasteiger charge is 2.10. The van der Waals surface area contributed by atoms with Crippen LogP contribution in [0, 0.1) is 5.82 Å². The Labute approximate surface area is 167 Å². The number of nitrogens with zero attached hydrogens (tertiary/aromatic N) is 1. The van der Waals surface area contributed by atoms with Crippen LogP contribution in [0.2, 0.25) is 0 Å². The second-order valence-corrected chi connectivity index (χ2v) is 6.01. The van der Waals surface area contributed by atoms with E-state index in [1.165, 1.54) is 43.5 Å². The average molecular weight is 411 g/mol. The highest BCUT2D eigenvalue weighted by Crippen LogP contribution is 2.19. The summed E-state index contributed by atoms with van der Waals surface area (Å²) in [5.41, 5.74) is 1.20. The molecule has 0 bridgehead atoms. The number of aliphatic hydroxyl groups excluding tert-OH is 1.